The third-order valence-corrected chi connectivity index (χ3v) is 4.58. The summed E-state index contributed by atoms with van der Waals surface area (Å²) in [4.78, 5) is 6.48. The molecule has 4 rings (SSSR count). The van der Waals surface area contributed by atoms with E-state index < -0.39 is 12.4 Å². The molecule has 0 bridgehead atoms. The van der Waals surface area contributed by atoms with Gasteiger partial charge < -0.3 is 15.0 Å². The van der Waals surface area contributed by atoms with Crippen LogP contribution in [0.5, 0.6) is 5.75 Å². The molecule has 3 heterocycles. The van der Waals surface area contributed by atoms with Gasteiger partial charge in [0.05, 0.1) is 6.20 Å². The van der Waals surface area contributed by atoms with Crippen molar-refractivity contribution in [1.29, 1.82) is 0 Å². The summed E-state index contributed by atoms with van der Waals surface area (Å²) in [7, 11) is 0. The van der Waals surface area contributed by atoms with Crippen LogP contribution in [-0.4, -0.2) is 34.9 Å². The Labute approximate surface area is 165 Å². The van der Waals surface area contributed by atoms with Crippen LogP contribution in [0.15, 0.2) is 48.7 Å². The molecule has 1 saturated heterocycles. The molecule has 150 valence electrons. The largest absolute Gasteiger partial charge is 0.435 e. The van der Waals surface area contributed by atoms with Gasteiger partial charge in [0.15, 0.2) is 17.5 Å². The molecule has 0 unspecified atom stereocenters. The van der Waals surface area contributed by atoms with Crippen molar-refractivity contribution < 1.29 is 17.9 Å². The molecule has 1 fully saturated rings. The molecule has 0 saturated carbocycles. The molecule has 1 aliphatic heterocycles. The Morgan fingerprint density at radius 1 is 1.00 bits per heavy atom. The summed E-state index contributed by atoms with van der Waals surface area (Å²) in [6.07, 6.45) is 3.71. The zero-order chi connectivity index (χ0) is 20.2. The van der Waals surface area contributed by atoms with E-state index in [0.29, 0.717) is 17.2 Å². The molecule has 1 aliphatic rings. The minimum atomic E-state index is -2.88. The normalized spacial score (nSPS) is 13.7. The number of rotatable bonds is 6. The molecule has 6 nitrogen and oxygen atoms in total. The molecular weight excluding hydrogens is 383 g/mol. The molecule has 0 radical (unpaired) electrons. The standard InChI is InChI=1S/C20H18F3N5O/c21-16-7-8-18(28-9-1-2-10-28)26-19(16)25-17-11-14(12-24-27-17)13-3-5-15(6-4-13)29-20(22)23/h3-8,11-12,20H,1-2,9-10H2,(H,25,26,27). The van der Waals surface area contributed by atoms with Crippen molar-refractivity contribution in [3.63, 3.8) is 0 Å². The number of hydrogen-bond acceptors (Lipinski definition) is 6. The van der Waals surface area contributed by atoms with E-state index in [2.05, 4.69) is 30.1 Å². The fourth-order valence-electron chi connectivity index (χ4n) is 3.18. The predicted molar refractivity (Wildman–Crippen MR) is 103 cm³/mol. The number of halogens is 3. The van der Waals surface area contributed by atoms with Crippen LogP contribution >= 0.6 is 0 Å². The Bertz CT molecular complexity index is 978. The molecule has 0 aliphatic carbocycles. The van der Waals surface area contributed by atoms with Crippen molar-refractivity contribution in [3.8, 4) is 16.9 Å². The lowest BCUT2D eigenvalue weighted by Crippen LogP contribution is -2.19. The highest BCUT2D eigenvalue weighted by Gasteiger charge is 2.16. The second-order valence-corrected chi connectivity index (χ2v) is 6.55. The first-order chi connectivity index (χ1) is 14.1. The molecule has 9 heteroatoms. The molecule has 3 aromatic rings. The van der Waals surface area contributed by atoms with Crippen molar-refractivity contribution >= 4 is 17.5 Å². The minimum Gasteiger partial charge on any atom is -0.435 e. The van der Waals surface area contributed by atoms with E-state index in [9.17, 15) is 13.2 Å². The maximum absolute atomic E-state index is 14.2. The number of alkyl halides is 2. The molecule has 0 atom stereocenters. The maximum atomic E-state index is 14.2. The smallest absolute Gasteiger partial charge is 0.387 e. The van der Waals surface area contributed by atoms with Gasteiger partial charge in [0, 0.05) is 18.7 Å². The van der Waals surface area contributed by atoms with Crippen LogP contribution in [0.2, 0.25) is 0 Å². The SMILES string of the molecule is Fc1ccc(N2CCCC2)nc1Nc1cc(-c2ccc(OC(F)F)cc2)cnn1. The van der Waals surface area contributed by atoms with Crippen molar-refractivity contribution in [1.82, 2.24) is 15.2 Å². The lowest BCUT2D eigenvalue weighted by Gasteiger charge is -2.17. The van der Waals surface area contributed by atoms with E-state index in [1.165, 1.54) is 24.4 Å². The Hall–Kier alpha value is -3.36. The quantitative estimate of drug-likeness (QED) is 0.650. The van der Waals surface area contributed by atoms with Gasteiger partial charge in [-0.3, -0.25) is 0 Å². The van der Waals surface area contributed by atoms with Crippen LogP contribution in [0.4, 0.5) is 30.6 Å². The average molecular weight is 401 g/mol. The molecule has 0 amide bonds. The third kappa shape index (κ3) is 4.56. The van der Waals surface area contributed by atoms with Crippen molar-refractivity contribution in [3.05, 3.63) is 54.5 Å². The molecule has 1 N–H and O–H groups in total. The Morgan fingerprint density at radius 2 is 1.76 bits per heavy atom. The minimum absolute atomic E-state index is 0.0640. The Balaban J connectivity index is 1.54. The van der Waals surface area contributed by atoms with Crippen LogP contribution in [0.25, 0.3) is 11.1 Å². The van der Waals surface area contributed by atoms with Crippen LogP contribution in [0, 0.1) is 5.82 Å². The van der Waals surface area contributed by atoms with Crippen LogP contribution < -0.4 is 15.0 Å². The predicted octanol–water partition coefficient (Wildman–Crippen LogP) is 4.62. The number of benzene rings is 1. The van der Waals surface area contributed by atoms with Gasteiger partial charge in [-0.25, -0.2) is 9.37 Å². The first kappa shape index (κ1) is 19.0. The topological polar surface area (TPSA) is 63.2 Å². The van der Waals surface area contributed by atoms with Crippen LogP contribution in [-0.2, 0) is 0 Å². The van der Waals surface area contributed by atoms with E-state index in [4.69, 9.17) is 0 Å². The summed E-state index contributed by atoms with van der Waals surface area (Å²) in [6.45, 7) is -1.07. The van der Waals surface area contributed by atoms with Crippen molar-refractivity contribution in [2.24, 2.45) is 0 Å². The zero-order valence-electron chi connectivity index (χ0n) is 15.4. The number of ether oxygens (including phenoxy) is 1. The van der Waals surface area contributed by atoms with Gasteiger partial charge in [-0.2, -0.15) is 13.9 Å². The third-order valence-electron chi connectivity index (χ3n) is 4.58. The number of anilines is 3. The second-order valence-electron chi connectivity index (χ2n) is 6.55. The summed E-state index contributed by atoms with van der Waals surface area (Å²) in [5.41, 5.74) is 1.41. The molecule has 0 spiro atoms. The first-order valence-corrected chi connectivity index (χ1v) is 9.15. The van der Waals surface area contributed by atoms with Gasteiger partial charge in [-0.05, 0) is 48.7 Å². The van der Waals surface area contributed by atoms with E-state index in [1.54, 1.807) is 24.3 Å². The summed E-state index contributed by atoms with van der Waals surface area (Å²) in [5.74, 6) is 0.676. The van der Waals surface area contributed by atoms with Gasteiger partial charge in [0.1, 0.15) is 11.6 Å². The Kier molecular flexibility index (Phi) is 5.46. The lowest BCUT2D eigenvalue weighted by atomic mass is 10.1. The van der Waals surface area contributed by atoms with Gasteiger partial charge in [-0.15, -0.1) is 5.10 Å². The fourth-order valence-corrected chi connectivity index (χ4v) is 3.18. The maximum Gasteiger partial charge on any atom is 0.387 e. The van der Waals surface area contributed by atoms with Gasteiger partial charge in [0.2, 0.25) is 0 Å². The monoisotopic (exact) mass is 401 g/mol. The number of nitrogens with one attached hydrogen (secondary N) is 1. The Morgan fingerprint density at radius 3 is 2.48 bits per heavy atom. The summed E-state index contributed by atoms with van der Waals surface area (Å²) < 4.78 is 43.1. The van der Waals surface area contributed by atoms with E-state index in [0.717, 1.165) is 31.5 Å². The van der Waals surface area contributed by atoms with Gasteiger partial charge >= 0.3 is 6.61 Å². The summed E-state index contributed by atoms with van der Waals surface area (Å²) >= 11 is 0. The fraction of sp³-hybridized carbons (Fsp3) is 0.250. The highest BCUT2D eigenvalue weighted by atomic mass is 19.3. The lowest BCUT2D eigenvalue weighted by molar-refractivity contribution is -0.0498. The zero-order valence-corrected chi connectivity index (χ0v) is 15.4. The number of pyridine rings is 1. The van der Waals surface area contributed by atoms with Gasteiger partial charge in [-0.1, -0.05) is 12.1 Å². The number of aromatic nitrogens is 3. The van der Waals surface area contributed by atoms with Crippen LogP contribution in [0.3, 0.4) is 0 Å². The summed E-state index contributed by atoms with van der Waals surface area (Å²) in [6, 6.07) is 10.9. The van der Waals surface area contributed by atoms with Crippen molar-refractivity contribution in [2.45, 2.75) is 19.5 Å². The molecular formula is C20H18F3N5O. The highest BCUT2D eigenvalue weighted by Crippen LogP contribution is 2.27. The molecule has 2 aromatic heterocycles. The van der Waals surface area contributed by atoms with E-state index >= 15 is 0 Å². The van der Waals surface area contributed by atoms with Crippen LogP contribution in [0.1, 0.15) is 12.8 Å². The van der Waals surface area contributed by atoms with Crippen molar-refractivity contribution in [2.75, 3.05) is 23.3 Å². The average Bonchev–Trinajstić information content (AvgIpc) is 3.25. The second kappa shape index (κ2) is 8.34. The molecule has 29 heavy (non-hydrogen) atoms. The van der Waals surface area contributed by atoms with E-state index in [-0.39, 0.29) is 11.6 Å². The highest BCUT2D eigenvalue weighted by molar-refractivity contribution is 5.67. The summed E-state index contributed by atoms with van der Waals surface area (Å²) in [5, 5.41) is 10.8. The first-order valence-electron chi connectivity index (χ1n) is 9.15. The van der Waals surface area contributed by atoms with Gasteiger partial charge in [0.25, 0.3) is 0 Å². The number of nitrogens with zero attached hydrogens (tertiary/aromatic N) is 4. The molecule has 1 aromatic carbocycles. The van der Waals surface area contributed by atoms with E-state index in [1.807, 2.05) is 0 Å². The number of hydrogen-bond donors (Lipinski definition) is 1.